The molecule has 2 rings (SSSR count). The van der Waals surface area contributed by atoms with Crippen molar-refractivity contribution in [3.63, 3.8) is 0 Å². The zero-order chi connectivity index (χ0) is 13.5. The summed E-state index contributed by atoms with van der Waals surface area (Å²) in [5.74, 6) is -0.132. The maximum Gasteiger partial charge on any atom is 0.406 e. The van der Waals surface area contributed by atoms with Crippen molar-refractivity contribution < 1.29 is 13.2 Å². The fraction of sp³-hybridized carbons (Fsp3) is 0.600. The first kappa shape index (κ1) is 12.7. The van der Waals surface area contributed by atoms with E-state index in [2.05, 4.69) is 10.1 Å². The minimum Gasteiger partial charge on any atom is -0.369 e. The van der Waals surface area contributed by atoms with Crippen molar-refractivity contribution in [1.82, 2.24) is 19.3 Å². The lowest BCUT2D eigenvalue weighted by Gasteiger charge is -2.09. The molecule has 2 heterocycles. The van der Waals surface area contributed by atoms with Crippen molar-refractivity contribution in [1.29, 1.82) is 0 Å². The number of fused-ring (bicyclic) bond motifs is 1. The molecule has 100 valence electrons. The summed E-state index contributed by atoms with van der Waals surface area (Å²) in [5, 5.41) is 4.18. The van der Waals surface area contributed by atoms with Gasteiger partial charge in [-0.2, -0.15) is 18.3 Å². The van der Waals surface area contributed by atoms with Crippen molar-refractivity contribution in [2.24, 2.45) is 7.05 Å². The normalized spacial score (nSPS) is 12.5. The quantitative estimate of drug-likeness (QED) is 0.917. The molecule has 0 fully saturated rings. The lowest BCUT2D eigenvalue weighted by molar-refractivity contribution is -0.139. The van der Waals surface area contributed by atoms with Crippen LogP contribution in [0.4, 0.5) is 19.1 Å². The third-order valence-electron chi connectivity index (χ3n) is 2.65. The van der Waals surface area contributed by atoms with E-state index in [0.29, 0.717) is 23.3 Å². The largest absolute Gasteiger partial charge is 0.406 e. The Labute approximate surface area is 101 Å². The number of nitrogen functional groups attached to an aromatic ring is 1. The molecule has 2 N–H and O–H groups in total. The second-order valence-corrected chi connectivity index (χ2v) is 4.16. The molecule has 5 nitrogen and oxygen atoms in total. The summed E-state index contributed by atoms with van der Waals surface area (Å²) in [6.07, 6.45) is -2.82. The molecule has 0 spiro atoms. The Hall–Kier alpha value is -1.73. The topological polar surface area (TPSA) is 61.7 Å². The highest BCUT2D eigenvalue weighted by atomic mass is 19.4. The predicted molar refractivity (Wildman–Crippen MR) is 61.0 cm³/mol. The van der Waals surface area contributed by atoms with Crippen LogP contribution in [-0.2, 0) is 20.0 Å². The van der Waals surface area contributed by atoms with Crippen LogP contribution in [-0.4, -0.2) is 25.5 Å². The van der Waals surface area contributed by atoms with E-state index in [1.54, 1.807) is 7.05 Å². The molecule has 0 saturated heterocycles. The Morgan fingerprint density at radius 2 is 2.00 bits per heavy atom. The minimum absolute atomic E-state index is 0.132. The van der Waals surface area contributed by atoms with Crippen LogP contribution in [0.1, 0.15) is 19.0 Å². The highest BCUT2D eigenvalue weighted by molar-refractivity contribution is 5.77. The number of nitrogens with zero attached hydrogens (tertiary/aromatic N) is 4. The Bertz CT molecular complexity index is 566. The van der Waals surface area contributed by atoms with Crippen LogP contribution in [0.5, 0.6) is 0 Å². The highest BCUT2D eigenvalue weighted by Crippen LogP contribution is 2.26. The van der Waals surface area contributed by atoms with Gasteiger partial charge in [0, 0.05) is 7.05 Å². The summed E-state index contributed by atoms with van der Waals surface area (Å²) in [6, 6.07) is 0. The standard InChI is InChI=1S/C10H14F3N5/c1-3-4-6-7-8(17(2)16-6)18(9(14)15-7)5-10(11,12)13/h3-5H2,1-2H3,(H2,14,15). The summed E-state index contributed by atoms with van der Waals surface area (Å²) in [6.45, 7) is 0.816. The van der Waals surface area contributed by atoms with Crippen molar-refractivity contribution in [3.05, 3.63) is 5.69 Å². The Morgan fingerprint density at radius 1 is 1.33 bits per heavy atom. The fourth-order valence-electron chi connectivity index (χ4n) is 2.00. The van der Waals surface area contributed by atoms with Gasteiger partial charge in [-0.3, -0.25) is 9.25 Å². The maximum absolute atomic E-state index is 12.5. The molecule has 0 unspecified atom stereocenters. The number of alkyl halides is 3. The summed E-state index contributed by atoms with van der Waals surface area (Å²) in [5.41, 5.74) is 7.01. The number of anilines is 1. The maximum atomic E-state index is 12.5. The molecule has 0 aliphatic rings. The number of hydrogen-bond acceptors (Lipinski definition) is 3. The van der Waals surface area contributed by atoms with E-state index >= 15 is 0 Å². The smallest absolute Gasteiger partial charge is 0.369 e. The summed E-state index contributed by atoms with van der Waals surface area (Å²) in [4.78, 5) is 3.99. The third kappa shape index (κ3) is 2.14. The minimum atomic E-state index is -4.34. The van der Waals surface area contributed by atoms with Crippen molar-refractivity contribution in [2.75, 3.05) is 5.73 Å². The molecule has 0 aliphatic carbocycles. The molecule has 2 aromatic rings. The number of aromatic nitrogens is 4. The number of rotatable bonds is 3. The molecule has 0 aliphatic heterocycles. The lowest BCUT2D eigenvalue weighted by Crippen LogP contribution is -2.20. The van der Waals surface area contributed by atoms with E-state index in [-0.39, 0.29) is 5.95 Å². The van der Waals surface area contributed by atoms with Crippen molar-refractivity contribution >= 4 is 17.1 Å². The molecule has 0 radical (unpaired) electrons. The van der Waals surface area contributed by atoms with Gasteiger partial charge < -0.3 is 5.73 Å². The summed E-state index contributed by atoms with van der Waals surface area (Å²) in [7, 11) is 1.59. The van der Waals surface area contributed by atoms with E-state index in [4.69, 9.17) is 5.73 Å². The summed E-state index contributed by atoms with van der Waals surface area (Å²) < 4.78 is 39.8. The molecule has 0 atom stereocenters. The molecule has 18 heavy (non-hydrogen) atoms. The molecule has 0 saturated carbocycles. The molecule has 0 bridgehead atoms. The first-order valence-electron chi connectivity index (χ1n) is 5.57. The van der Waals surface area contributed by atoms with Gasteiger partial charge in [-0.05, 0) is 6.42 Å². The van der Waals surface area contributed by atoms with Crippen LogP contribution in [0.15, 0.2) is 0 Å². The van der Waals surface area contributed by atoms with E-state index in [1.807, 2.05) is 6.92 Å². The van der Waals surface area contributed by atoms with Gasteiger partial charge in [0.25, 0.3) is 0 Å². The van der Waals surface area contributed by atoms with Gasteiger partial charge in [0.15, 0.2) is 5.65 Å². The zero-order valence-electron chi connectivity index (χ0n) is 10.1. The molecular formula is C10H14F3N5. The first-order valence-corrected chi connectivity index (χ1v) is 5.57. The van der Waals surface area contributed by atoms with Gasteiger partial charge in [0.05, 0.1) is 5.69 Å². The van der Waals surface area contributed by atoms with Gasteiger partial charge in [-0.1, -0.05) is 13.3 Å². The molecule has 0 aromatic carbocycles. The SMILES string of the molecule is CCCc1nn(C)c2c1nc(N)n2CC(F)(F)F. The van der Waals surface area contributed by atoms with Crippen LogP contribution in [0.2, 0.25) is 0 Å². The average molecular weight is 261 g/mol. The first-order chi connectivity index (χ1) is 8.33. The Morgan fingerprint density at radius 3 is 2.56 bits per heavy atom. The Balaban J connectivity index is 2.57. The Kier molecular flexibility index (Phi) is 2.95. The van der Waals surface area contributed by atoms with Gasteiger partial charge in [-0.25, -0.2) is 4.98 Å². The van der Waals surface area contributed by atoms with Gasteiger partial charge in [0.2, 0.25) is 5.95 Å². The number of imidazole rings is 1. The van der Waals surface area contributed by atoms with E-state index in [0.717, 1.165) is 11.0 Å². The highest BCUT2D eigenvalue weighted by Gasteiger charge is 2.31. The number of aryl methyl sites for hydroxylation is 2. The van der Waals surface area contributed by atoms with E-state index in [1.165, 1.54) is 4.68 Å². The molecule has 0 amide bonds. The number of hydrogen-bond donors (Lipinski definition) is 1. The van der Waals surface area contributed by atoms with Crippen LogP contribution >= 0.6 is 0 Å². The van der Waals surface area contributed by atoms with Crippen LogP contribution < -0.4 is 5.73 Å². The second kappa shape index (κ2) is 4.18. The van der Waals surface area contributed by atoms with Crippen LogP contribution in [0, 0.1) is 0 Å². The average Bonchev–Trinajstić information content (AvgIpc) is 2.67. The van der Waals surface area contributed by atoms with Crippen molar-refractivity contribution in [2.45, 2.75) is 32.5 Å². The number of halogens is 3. The zero-order valence-corrected chi connectivity index (χ0v) is 10.1. The van der Waals surface area contributed by atoms with Gasteiger partial charge in [0.1, 0.15) is 12.1 Å². The van der Waals surface area contributed by atoms with E-state index in [9.17, 15) is 13.2 Å². The third-order valence-corrected chi connectivity index (χ3v) is 2.65. The monoisotopic (exact) mass is 261 g/mol. The second-order valence-electron chi connectivity index (χ2n) is 4.16. The summed E-state index contributed by atoms with van der Waals surface area (Å²) >= 11 is 0. The molecule has 8 heteroatoms. The van der Waals surface area contributed by atoms with Gasteiger partial charge >= 0.3 is 6.18 Å². The molecule has 2 aromatic heterocycles. The van der Waals surface area contributed by atoms with E-state index < -0.39 is 12.7 Å². The van der Waals surface area contributed by atoms with Gasteiger partial charge in [-0.15, -0.1) is 0 Å². The van der Waals surface area contributed by atoms with Crippen molar-refractivity contribution in [3.8, 4) is 0 Å². The molecular weight excluding hydrogens is 247 g/mol. The van der Waals surface area contributed by atoms with Crippen LogP contribution in [0.3, 0.4) is 0 Å². The van der Waals surface area contributed by atoms with Crippen LogP contribution in [0.25, 0.3) is 11.2 Å². The predicted octanol–water partition coefficient (Wildman–Crippen LogP) is 1.87. The lowest BCUT2D eigenvalue weighted by atomic mass is 10.2. The fourth-order valence-corrected chi connectivity index (χ4v) is 2.00. The number of nitrogens with two attached hydrogens (primary N) is 1.